The fraction of sp³-hybridized carbons (Fsp3) is 0.118. The summed E-state index contributed by atoms with van der Waals surface area (Å²) in [5, 5.41) is 51.6. The topological polar surface area (TPSA) is 176 Å². The van der Waals surface area contributed by atoms with Gasteiger partial charge in [-0.25, -0.2) is 4.79 Å². The number of carboxylic acids is 1. The summed E-state index contributed by atoms with van der Waals surface area (Å²) in [6.07, 6.45) is 0. The number of aromatic hydroxyl groups is 4. The lowest BCUT2D eigenvalue weighted by Crippen LogP contribution is -2.48. The molecule has 0 aliphatic heterocycles. The number of hydrogen-bond donors (Lipinski definition) is 7. The van der Waals surface area contributed by atoms with Crippen molar-refractivity contribution in [1.82, 2.24) is 10.6 Å². The fourth-order valence-electron chi connectivity index (χ4n) is 2.16. The smallest absolute Gasteiger partial charge is 0.328 e. The van der Waals surface area contributed by atoms with Gasteiger partial charge in [-0.2, -0.15) is 0 Å². The Hall–Kier alpha value is -3.95. The zero-order valence-corrected chi connectivity index (χ0v) is 13.7. The van der Waals surface area contributed by atoms with Crippen molar-refractivity contribution in [3.63, 3.8) is 0 Å². The molecular formula is C17H16N2O8. The lowest BCUT2D eigenvalue weighted by atomic mass is 10.1. The van der Waals surface area contributed by atoms with Crippen LogP contribution in [0.25, 0.3) is 0 Å². The number of nitrogens with one attached hydrogen (secondary N) is 2. The van der Waals surface area contributed by atoms with E-state index in [1.165, 1.54) is 24.3 Å². The highest BCUT2D eigenvalue weighted by atomic mass is 16.4. The van der Waals surface area contributed by atoms with Crippen LogP contribution in [-0.4, -0.2) is 55.9 Å². The van der Waals surface area contributed by atoms with Gasteiger partial charge in [-0.15, -0.1) is 0 Å². The summed E-state index contributed by atoms with van der Waals surface area (Å²) in [7, 11) is 0. The molecule has 0 spiro atoms. The van der Waals surface area contributed by atoms with Crippen LogP contribution >= 0.6 is 0 Å². The van der Waals surface area contributed by atoms with Crippen molar-refractivity contribution in [3.05, 3.63) is 47.5 Å². The molecule has 1 atom stereocenters. The predicted octanol–water partition coefficient (Wildman–Crippen LogP) is 0.122. The number of carbonyl (C=O) groups excluding carboxylic acids is 2. The molecule has 10 heteroatoms. The third-order valence-electron chi connectivity index (χ3n) is 3.59. The maximum atomic E-state index is 12.1. The molecule has 0 aromatic heterocycles. The number of carboxylic acid groups (broad SMARTS) is 1. The van der Waals surface area contributed by atoms with Gasteiger partial charge in [-0.1, -0.05) is 12.1 Å². The lowest BCUT2D eigenvalue weighted by Gasteiger charge is -2.16. The highest BCUT2D eigenvalue weighted by Gasteiger charge is 2.24. The number of phenols is 4. The quantitative estimate of drug-likeness (QED) is 0.348. The van der Waals surface area contributed by atoms with E-state index in [9.17, 15) is 39.9 Å². The minimum absolute atomic E-state index is 0.281. The molecule has 2 aromatic rings. The summed E-state index contributed by atoms with van der Waals surface area (Å²) in [6.45, 7) is -0.547. The van der Waals surface area contributed by atoms with Gasteiger partial charge >= 0.3 is 5.97 Å². The first kappa shape index (κ1) is 19.4. The minimum atomic E-state index is -1.57. The van der Waals surface area contributed by atoms with Gasteiger partial charge in [0.25, 0.3) is 11.8 Å². The average Bonchev–Trinajstić information content (AvgIpc) is 2.62. The maximum Gasteiger partial charge on any atom is 0.328 e. The Kier molecular flexibility index (Phi) is 5.71. The van der Waals surface area contributed by atoms with Crippen molar-refractivity contribution < 1.29 is 39.9 Å². The van der Waals surface area contributed by atoms with Gasteiger partial charge in [-0.3, -0.25) is 9.59 Å². The number of amides is 2. The summed E-state index contributed by atoms with van der Waals surface area (Å²) in [5.41, 5.74) is -0.630. The number of rotatable bonds is 6. The van der Waals surface area contributed by atoms with Crippen LogP contribution in [0.2, 0.25) is 0 Å². The van der Waals surface area contributed by atoms with E-state index in [0.717, 1.165) is 12.1 Å². The number of para-hydroxylation sites is 2. The summed E-state index contributed by atoms with van der Waals surface area (Å²) in [5.74, 6) is -5.78. The Morgan fingerprint density at radius 2 is 1.30 bits per heavy atom. The van der Waals surface area contributed by atoms with Gasteiger partial charge in [-0.05, 0) is 24.3 Å². The van der Waals surface area contributed by atoms with Gasteiger partial charge in [0.2, 0.25) is 0 Å². The van der Waals surface area contributed by atoms with E-state index in [0.29, 0.717) is 0 Å². The second-order valence-electron chi connectivity index (χ2n) is 5.42. The number of aliphatic carboxylic acids is 1. The first-order chi connectivity index (χ1) is 12.7. The second-order valence-corrected chi connectivity index (χ2v) is 5.42. The van der Waals surface area contributed by atoms with E-state index in [2.05, 4.69) is 10.6 Å². The molecule has 142 valence electrons. The zero-order chi connectivity index (χ0) is 20.1. The third kappa shape index (κ3) is 4.37. The van der Waals surface area contributed by atoms with E-state index in [1.54, 1.807) is 0 Å². The highest BCUT2D eigenvalue weighted by Crippen LogP contribution is 2.28. The number of hydrogen-bond acceptors (Lipinski definition) is 7. The van der Waals surface area contributed by atoms with E-state index < -0.39 is 53.4 Å². The van der Waals surface area contributed by atoms with E-state index >= 15 is 0 Å². The van der Waals surface area contributed by atoms with Crippen LogP contribution in [0.5, 0.6) is 23.0 Å². The van der Waals surface area contributed by atoms with E-state index in [1.807, 2.05) is 0 Å². The molecule has 0 saturated carbocycles. The Bertz CT molecular complexity index is 896. The molecule has 0 aliphatic rings. The molecule has 7 N–H and O–H groups in total. The molecule has 2 amide bonds. The molecular weight excluding hydrogens is 360 g/mol. The summed E-state index contributed by atoms with van der Waals surface area (Å²) >= 11 is 0. The Morgan fingerprint density at radius 3 is 1.78 bits per heavy atom. The van der Waals surface area contributed by atoms with Crippen molar-refractivity contribution in [1.29, 1.82) is 0 Å². The maximum absolute atomic E-state index is 12.1. The molecule has 0 unspecified atom stereocenters. The first-order valence-corrected chi connectivity index (χ1v) is 7.56. The molecule has 0 radical (unpaired) electrons. The Morgan fingerprint density at radius 1 is 0.815 bits per heavy atom. The molecule has 27 heavy (non-hydrogen) atoms. The van der Waals surface area contributed by atoms with Crippen LogP contribution in [-0.2, 0) is 4.79 Å². The SMILES string of the molecule is O=C(NC[C@H](NC(=O)c1cccc(O)c1O)C(=O)O)c1cccc(O)c1O. The first-order valence-electron chi connectivity index (χ1n) is 7.56. The number of benzene rings is 2. The largest absolute Gasteiger partial charge is 0.504 e. The van der Waals surface area contributed by atoms with Gasteiger partial charge in [0.05, 0.1) is 11.1 Å². The second kappa shape index (κ2) is 7.95. The molecule has 0 aliphatic carbocycles. The van der Waals surface area contributed by atoms with Crippen LogP contribution in [0.3, 0.4) is 0 Å². The van der Waals surface area contributed by atoms with Crippen molar-refractivity contribution >= 4 is 17.8 Å². The predicted molar refractivity (Wildman–Crippen MR) is 90.8 cm³/mol. The third-order valence-corrected chi connectivity index (χ3v) is 3.59. The highest BCUT2D eigenvalue weighted by molar-refractivity contribution is 6.00. The normalized spacial score (nSPS) is 11.4. The summed E-state index contributed by atoms with van der Waals surface area (Å²) < 4.78 is 0. The number of carbonyl (C=O) groups is 3. The summed E-state index contributed by atoms with van der Waals surface area (Å²) in [4.78, 5) is 35.5. The zero-order valence-electron chi connectivity index (χ0n) is 13.7. The molecule has 2 rings (SSSR count). The molecule has 0 bridgehead atoms. The number of phenolic OH excluding ortho intramolecular Hbond substituents is 4. The molecule has 10 nitrogen and oxygen atoms in total. The molecule has 2 aromatic carbocycles. The van der Waals surface area contributed by atoms with Crippen LogP contribution in [0.1, 0.15) is 20.7 Å². The van der Waals surface area contributed by atoms with E-state index in [4.69, 9.17) is 0 Å². The van der Waals surface area contributed by atoms with Crippen LogP contribution in [0, 0.1) is 0 Å². The van der Waals surface area contributed by atoms with Crippen molar-refractivity contribution in [2.75, 3.05) is 6.54 Å². The van der Waals surface area contributed by atoms with Gasteiger partial charge in [0.1, 0.15) is 6.04 Å². The fourth-order valence-corrected chi connectivity index (χ4v) is 2.16. The van der Waals surface area contributed by atoms with E-state index in [-0.39, 0.29) is 11.1 Å². The Balaban J connectivity index is 2.09. The minimum Gasteiger partial charge on any atom is -0.504 e. The van der Waals surface area contributed by atoms with Crippen LogP contribution in [0.15, 0.2) is 36.4 Å². The Labute approximate surface area is 152 Å². The van der Waals surface area contributed by atoms with Gasteiger partial charge < -0.3 is 36.2 Å². The van der Waals surface area contributed by atoms with Crippen LogP contribution < -0.4 is 10.6 Å². The lowest BCUT2D eigenvalue weighted by molar-refractivity contribution is -0.139. The van der Waals surface area contributed by atoms with Crippen LogP contribution in [0.4, 0.5) is 0 Å². The van der Waals surface area contributed by atoms with Gasteiger partial charge in [0, 0.05) is 6.54 Å². The monoisotopic (exact) mass is 376 g/mol. The molecule has 0 saturated heterocycles. The molecule has 0 heterocycles. The van der Waals surface area contributed by atoms with Crippen molar-refractivity contribution in [2.24, 2.45) is 0 Å². The molecule has 0 fully saturated rings. The van der Waals surface area contributed by atoms with Crippen molar-refractivity contribution in [3.8, 4) is 23.0 Å². The van der Waals surface area contributed by atoms with Crippen molar-refractivity contribution in [2.45, 2.75) is 6.04 Å². The standard InChI is InChI=1S/C17H16N2O8/c20-11-5-1-3-8(13(11)22)15(24)18-7-10(17(26)27)19-16(25)9-4-2-6-12(21)14(9)23/h1-6,10,20-23H,7H2,(H,18,24)(H,19,25)(H,26,27)/t10-/m0/s1. The van der Waals surface area contributed by atoms with Gasteiger partial charge in [0.15, 0.2) is 23.0 Å². The summed E-state index contributed by atoms with van der Waals surface area (Å²) in [6, 6.07) is 5.72. The average molecular weight is 376 g/mol.